The zero-order valence-corrected chi connectivity index (χ0v) is 19.1. The van der Waals surface area contributed by atoms with Gasteiger partial charge in [0.25, 0.3) is 0 Å². The van der Waals surface area contributed by atoms with Crippen molar-refractivity contribution in [3.8, 4) is 5.75 Å². The van der Waals surface area contributed by atoms with Gasteiger partial charge < -0.3 is 20.1 Å². The van der Waals surface area contributed by atoms with Crippen molar-refractivity contribution in [1.29, 1.82) is 0 Å². The Morgan fingerprint density at radius 3 is 2.82 bits per heavy atom. The first kappa shape index (κ1) is 22.5. The van der Waals surface area contributed by atoms with Crippen molar-refractivity contribution in [3.63, 3.8) is 0 Å². The van der Waals surface area contributed by atoms with Crippen molar-refractivity contribution in [2.24, 2.45) is 18.0 Å². The second kappa shape index (κ2) is 11.3. The fraction of sp³-hybridized carbons (Fsp3) is 0.500. The molecule has 2 aromatic rings. The summed E-state index contributed by atoms with van der Waals surface area (Å²) >= 11 is 0. The molecule has 1 saturated heterocycles. The Morgan fingerprint density at radius 2 is 2.14 bits per heavy atom. The number of aromatic nitrogens is 2. The minimum atomic E-state index is 0. The third kappa shape index (κ3) is 6.37. The van der Waals surface area contributed by atoms with Crippen LogP contribution >= 0.6 is 24.0 Å². The summed E-state index contributed by atoms with van der Waals surface area (Å²) < 4.78 is 13.4. The molecule has 2 heterocycles. The highest BCUT2D eigenvalue weighted by Gasteiger charge is 2.17. The van der Waals surface area contributed by atoms with Gasteiger partial charge in [0.15, 0.2) is 5.96 Å². The molecule has 0 bridgehead atoms. The van der Waals surface area contributed by atoms with Crippen LogP contribution in [-0.4, -0.2) is 42.6 Å². The number of aliphatic imine (C=N–C) groups is 1. The molecule has 1 atom stereocenters. The fourth-order valence-corrected chi connectivity index (χ4v) is 3.01. The topological polar surface area (TPSA) is 72.7 Å². The molecule has 1 aliphatic rings. The smallest absolute Gasteiger partial charge is 0.191 e. The number of guanidine groups is 1. The van der Waals surface area contributed by atoms with E-state index in [2.05, 4.69) is 45.8 Å². The SMILES string of the molecule is CN=C(NCc1ccc(C)cc1OCC1CCOC1)NCc1ccnn1C.I. The van der Waals surface area contributed by atoms with E-state index in [1.807, 2.05) is 17.8 Å². The van der Waals surface area contributed by atoms with E-state index in [1.165, 1.54) is 5.56 Å². The molecule has 3 rings (SSSR count). The lowest BCUT2D eigenvalue weighted by Crippen LogP contribution is -2.36. The Morgan fingerprint density at radius 1 is 1.32 bits per heavy atom. The van der Waals surface area contributed by atoms with Gasteiger partial charge in [0.2, 0.25) is 0 Å². The molecule has 154 valence electrons. The van der Waals surface area contributed by atoms with Gasteiger partial charge in [-0.05, 0) is 31.0 Å². The lowest BCUT2D eigenvalue weighted by Gasteiger charge is -2.17. The molecular formula is C20H30IN5O2. The zero-order chi connectivity index (χ0) is 19.1. The van der Waals surface area contributed by atoms with Crippen LogP contribution in [0, 0.1) is 12.8 Å². The van der Waals surface area contributed by atoms with Gasteiger partial charge in [0.05, 0.1) is 25.5 Å². The molecule has 2 N–H and O–H groups in total. The number of rotatable bonds is 7. The summed E-state index contributed by atoms with van der Waals surface area (Å²) in [7, 11) is 3.70. The van der Waals surface area contributed by atoms with Crippen LogP contribution in [0.3, 0.4) is 0 Å². The van der Waals surface area contributed by atoms with Crippen molar-refractivity contribution in [1.82, 2.24) is 20.4 Å². The Hall–Kier alpha value is -1.81. The van der Waals surface area contributed by atoms with Gasteiger partial charge in [0.1, 0.15) is 5.75 Å². The molecule has 0 amide bonds. The van der Waals surface area contributed by atoms with Crippen LogP contribution < -0.4 is 15.4 Å². The second-order valence-corrected chi connectivity index (χ2v) is 6.88. The largest absolute Gasteiger partial charge is 0.493 e. The van der Waals surface area contributed by atoms with Crippen LogP contribution in [0.25, 0.3) is 0 Å². The maximum Gasteiger partial charge on any atom is 0.191 e. The van der Waals surface area contributed by atoms with Crippen LogP contribution in [0.1, 0.15) is 23.2 Å². The summed E-state index contributed by atoms with van der Waals surface area (Å²) in [6.45, 7) is 5.72. The average Bonchev–Trinajstić information content (AvgIpc) is 3.33. The zero-order valence-electron chi connectivity index (χ0n) is 16.8. The number of benzene rings is 1. The van der Waals surface area contributed by atoms with Gasteiger partial charge >= 0.3 is 0 Å². The van der Waals surface area contributed by atoms with Gasteiger partial charge in [-0.3, -0.25) is 9.67 Å². The Labute approximate surface area is 183 Å². The number of nitrogens with zero attached hydrogens (tertiary/aromatic N) is 3. The quantitative estimate of drug-likeness (QED) is 0.348. The number of nitrogens with one attached hydrogen (secondary N) is 2. The van der Waals surface area contributed by atoms with Crippen LogP contribution in [-0.2, 0) is 24.9 Å². The van der Waals surface area contributed by atoms with E-state index in [4.69, 9.17) is 9.47 Å². The predicted octanol–water partition coefficient (Wildman–Crippen LogP) is 2.63. The molecule has 0 spiro atoms. The normalized spacial score (nSPS) is 16.5. The minimum absolute atomic E-state index is 0. The highest BCUT2D eigenvalue weighted by atomic mass is 127. The highest BCUT2D eigenvalue weighted by molar-refractivity contribution is 14.0. The van der Waals surface area contributed by atoms with Gasteiger partial charge in [-0.15, -0.1) is 24.0 Å². The first-order chi connectivity index (χ1) is 13.2. The molecular weight excluding hydrogens is 469 g/mol. The van der Waals surface area contributed by atoms with Crippen molar-refractivity contribution < 1.29 is 9.47 Å². The van der Waals surface area contributed by atoms with E-state index < -0.39 is 0 Å². The van der Waals surface area contributed by atoms with E-state index in [-0.39, 0.29) is 24.0 Å². The molecule has 8 heteroatoms. The molecule has 0 aliphatic carbocycles. The maximum atomic E-state index is 6.11. The summed E-state index contributed by atoms with van der Waals surface area (Å²) in [5, 5.41) is 10.8. The lowest BCUT2D eigenvalue weighted by molar-refractivity contribution is 0.166. The molecule has 1 unspecified atom stereocenters. The van der Waals surface area contributed by atoms with Crippen molar-refractivity contribution in [2.45, 2.75) is 26.4 Å². The number of hydrogen-bond donors (Lipinski definition) is 2. The van der Waals surface area contributed by atoms with E-state index in [1.54, 1.807) is 13.2 Å². The monoisotopic (exact) mass is 499 g/mol. The summed E-state index contributed by atoms with van der Waals surface area (Å²) in [4.78, 5) is 4.30. The van der Waals surface area contributed by atoms with E-state index in [0.717, 1.165) is 42.6 Å². The van der Waals surface area contributed by atoms with E-state index >= 15 is 0 Å². The van der Waals surface area contributed by atoms with Crippen LogP contribution in [0.5, 0.6) is 5.75 Å². The van der Waals surface area contributed by atoms with Gasteiger partial charge in [0, 0.05) is 44.9 Å². The van der Waals surface area contributed by atoms with Crippen molar-refractivity contribution in [3.05, 3.63) is 47.3 Å². The molecule has 1 aromatic heterocycles. The third-order valence-corrected chi connectivity index (χ3v) is 4.75. The summed E-state index contributed by atoms with van der Waals surface area (Å²) in [5.41, 5.74) is 3.40. The number of aryl methyl sites for hydroxylation is 2. The van der Waals surface area contributed by atoms with Crippen LogP contribution in [0.15, 0.2) is 35.5 Å². The first-order valence-electron chi connectivity index (χ1n) is 9.37. The second-order valence-electron chi connectivity index (χ2n) is 6.88. The highest BCUT2D eigenvalue weighted by Crippen LogP contribution is 2.22. The van der Waals surface area contributed by atoms with Gasteiger partial charge in [-0.25, -0.2) is 0 Å². The van der Waals surface area contributed by atoms with E-state index in [0.29, 0.717) is 25.6 Å². The molecule has 1 aromatic carbocycles. The van der Waals surface area contributed by atoms with Gasteiger partial charge in [-0.1, -0.05) is 12.1 Å². The fourth-order valence-electron chi connectivity index (χ4n) is 3.01. The minimum Gasteiger partial charge on any atom is -0.493 e. The lowest BCUT2D eigenvalue weighted by atomic mass is 10.1. The Bertz CT molecular complexity index is 772. The van der Waals surface area contributed by atoms with Crippen LogP contribution in [0.2, 0.25) is 0 Å². The maximum absolute atomic E-state index is 6.11. The summed E-state index contributed by atoms with van der Waals surface area (Å²) in [5.74, 6) is 2.16. The number of ether oxygens (including phenoxy) is 2. The average molecular weight is 499 g/mol. The Kier molecular flexibility index (Phi) is 9.04. The predicted molar refractivity (Wildman–Crippen MR) is 121 cm³/mol. The van der Waals surface area contributed by atoms with Gasteiger partial charge in [-0.2, -0.15) is 5.10 Å². The summed E-state index contributed by atoms with van der Waals surface area (Å²) in [6, 6.07) is 8.29. The first-order valence-corrected chi connectivity index (χ1v) is 9.37. The van der Waals surface area contributed by atoms with Crippen molar-refractivity contribution in [2.75, 3.05) is 26.9 Å². The number of hydrogen-bond acceptors (Lipinski definition) is 4. The standard InChI is InChI=1S/C20H29N5O2.HI/c1-15-4-5-17(19(10-15)27-14-16-7-9-26-13-16)11-22-20(21-2)23-12-18-6-8-24-25(18)3;/h4-6,8,10,16H,7,9,11-14H2,1-3H3,(H2,21,22,23);1H. The molecule has 0 radical (unpaired) electrons. The molecule has 0 saturated carbocycles. The van der Waals surface area contributed by atoms with Crippen LogP contribution in [0.4, 0.5) is 0 Å². The van der Waals surface area contributed by atoms with E-state index in [9.17, 15) is 0 Å². The summed E-state index contributed by atoms with van der Waals surface area (Å²) in [6.07, 6.45) is 2.86. The molecule has 1 fully saturated rings. The molecule has 1 aliphatic heterocycles. The third-order valence-electron chi connectivity index (χ3n) is 4.75. The number of halogens is 1. The molecule has 28 heavy (non-hydrogen) atoms. The molecule has 7 nitrogen and oxygen atoms in total. The Balaban J connectivity index is 0.00000280. The van der Waals surface area contributed by atoms with Crippen molar-refractivity contribution >= 4 is 29.9 Å².